The number of para-hydroxylation sites is 2. The third kappa shape index (κ3) is 2.28. The van der Waals surface area contributed by atoms with Crippen LogP contribution in [0.25, 0.3) is 5.69 Å². The maximum atomic E-state index is 11.2. The largest absolute Gasteiger partial charge is 0.862 e. The summed E-state index contributed by atoms with van der Waals surface area (Å²) >= 11 is 3.09. The van der Waals surface area contributed by atoms with Gasteiger partial charge in [-0.15, -0.1) is 0 Å². The Labute approximate surface area is 104 Å². The maximum absolute atomic E-state index is 11.2. The van der Waals surface area contributed by atoms with E-state index in [2.05, 4.69) is 30.7 Å². The molecule has 0 aliphatic carbocycles. The predicted octanol–water partition coefficient (Wildman–Crippen LogP) is 0.417. The molecule has 1 N–H and O–H groups in total. The Hall–Kier alpha value is -1.89. The highest BCUT2D eigenvalue weighted by Gasteiger charge is 2.22. The smallest absolute Gasteiger partial charge is 0.442 e. The van der Waals surface area contributed by atoms with Crippen molar-refractivity contribution in [2.75, 3.05) is 0 Å². The van der Waals surface area contributed by atoms with E-state index in [9.17, 15) is 9.90 Å². The minimum atomic E-state index is -0.539. The van der Waals surface area contributed by atoms with Gasteiger partial charge in [0.05, 0.1) is 0 Å². The summed E-state index contributed by atoms with van der Waals surface area (Å²) in [5.74, 6) is -0.319. The first-order valence-electron chi connectivity index (χ1n) is 4.70. The number of aromatic nitrogens is 2. The van der Waals surface area contributed by atoms with Crippen LogP contribution in [-0.2, 0) is 0 Å². The second-order valence-corrected chi connectivity index (χ2v) is 3.98. The number of nitrogens with zero attached hydrogens (tertiary/aromatic N) is 2. The minimum Gasteiger partial charge on any atom is -0.862 e. The van der Waals surface area contributed by atoms with E-state index in [4.69, 9.17) is 0 Å². The van der Waals surface area contributed by atoms with Gasteiger partial charge in [0.15, 0.2) is 0 Å². The summed E-state index contributed by atoms with van der Waals surface area (Å²) in [6, 6.07) is 6.89. The lowest BCUT2D eigenvalue weighted by atomic mass is 10.3. The van der Waals surface area contributed by atoms with Crippen molar-refractivity contribution >= 4 is 27.5 Å². The van der Waals surface area contributed by atoms with Crippen LogP contribution in [0.1, 0.15) is 6.92 Å². The topological polar surface area (TPSA) is 85.3 Å². The molecule has 0 saturated heterocycles. The molecular formula is C10H8BrN3O3. The molecular weight excluding hydrogens is 290 g/mol. The number of hydrogen-bond acceptors (Lipinski definition) is 4. The normalized spacial score (nSPS) is 11.8. The zero-order valence-corrected chi connectivity index (χ0v) is 10.4. The van der Waals surface area contributed by atoms with Crippen LogP contribution in [0.2, 0.25) is 0 Å². The average molecular weight is 298 g/mol. The van der Waals surface area contributed by atoms with E-state index in [1.54, 1.807) is 24.3 Å². The first-order valence-corrected chi connectivity index (χ1v) is 5.49. The molecule has 0 unspecified atom stereocenters. The molecule has 0 bridgehead atoms. The molecule has 1 aromatic carbocycles. The summed E-state index contributed by atoms with van der Waals surface area (Å²) in [4.78, 5) is 15.0. The highest BCUT2D eigenvalue weighted by molar-refractivity contribution is 9.10. The third-order valence-electron chi connectivity index (χ3n) is 1.99. The summed E-state index contributed by atoms with van der Waals surface area (Å²) in [5.41, 5.74) is 0.450. The molecule has 1 aromatic heterocycles. The van der Waals surface area contributed by atoms with E-state index < -0.39 is 5.63 Å². The molecule has 0 spiro atoms. The SMILES string of the molecule is CC([O-])=Nc1ccccc1-[n+]1[nH]oc(=O)c1Br. The van der Waals surface area contributed by atoms with E-state index in [-0.39, 0.29) is 10.5 Å². The van der Waals surface area contributed by atoms with Crippen LogP contribution < -0.4 is 15.4 Å². The van der Waals surface area contributed by atoms with Crippen molar-refractivity contribution in [3.63, 3.8) is 0 Å². The molecule has 17 heavy (non-hydrogen) atoms. The molecule has 0 fully saturated rings. The Balaban J connectivity index is 2.64. The van der Waals surface area contributed by atoms with Gasteiger partial charge in [0.1, 0.15) is 5.69 Å². The van der Waals surface area contributed by atoms with Crippen molar-refractivity contribution in [3.05, 3.63) is 39.3 Å². The lowest BCUT2D eigenvalue weighted by Gasteiger charge is -2.02. The van der Waals surface area contributed by atoms with E-state index in [0.29, 0.717) is 11.4 Å². The summed E-state index contributed by atoms with van der Waals surface area (Å²) in [6.07, 6.45) is 0. The summed E-state index contributed by atoms with van der Waals surface area (Å²) < 4.78 is 6.18. The average Bonchev–Trinajstić information content (AvgIpc) is 2.60. The van der Waals surface area contributed by atoms with E-state index in [1.807, 2.05) is 0 Å². The molecule has 1 heterocycles. The number of hydrogen-bond donors (Lipinski definition) is 1. The van der Waals surface area contributed by atoms with Crippen molar-refractivity contribution in [1.82, 2.24) is 5.27 Å². The molecule has 2 aromatic rings. The molecule has 0 radical (unpaired) electrons. The molecule has 6 nitrogen and oxygen atoms in total. The van der Waals surface area contributed by atoms with Gasteiger partial charge in [-0.05, 0) is 28.8 Å². The number of rotatable bonds is 2. The third-order valence-corrected chi connectivity index (χ3v) is 2.67. The van der Waals surface area contributed by atoms with Gasteiger partial charge in [-0.3, -0.25) is 9.52 Å². The number of H-pyrrole nitrogens is 1. The van der Waals surface area contributed by atoms with Crippen molar-refractivity contribution in [2.45, 2.75) is 6.92 Å². The van der Waals surface area contributed by atoms with E-state index >= 15 is 0 Å². The molecule has 2 rings (SSSR count). The van der Waals surface area contributed by atoms with Crippen LogP contribution in [0.4, 0.5) is 5.69 Å². The monoisotopic (exact) mass is 297 g/mol. The van der Waals surface area contributed by atoms with Crippen LogP contribution >= 0.6 is 15.9 Å². The molecule has 0 atom stereocenters. The quantitative estimate of drug-likeness (QED) is 0.495. The first kappa shape index (κ1) is 11.6. The van der Waals surface area contributed by atoms with Crippen LogP contribution in [0.5, 0.6) is 0 Å². The number of nitrogens with one attached hydrogen (secondary N) is 1. The van der Waals surface area contributed by atoms with Crippen molar-refractivity contribution in [2.24, 2.45) is 4.99 Å². The number of aromatic amines is 1. The minimum absolute atomic E-state index is 0.198. The van der Waals surface area contributed by atoms with Gasteiger partial charge in [-0.25, -0.2) is 4.79 Å². The van der Waals surface area contributed by atoms with Gasteiger partial charge in [0.25, 0.3) is 5.69 Å². The summed E-state index contributed by atoms with van der Waals surface area (Å²) in [6.45, 7) is 1.36. The first-order chi connectivity index (χ1) is 8.09. The van der Waals surface area contributed by atoms with Crippen molar-refractivity contribution in [1.29, 1.82) is 0 Å². The van der Waals surface area contributed by atoms with Crippen molar-refractivity contribution < 1.29 is 14.3 Å². The lowest BCUT2D eigenvalue weighted by molar-refractivity contribution is -0.679. The van der Waals surface area contributed by atoms with Gasteiger partial charge in [0, 0.05) is 22.0 Å². The Morgan fingerprint density at radius 3 is 2.82 bits per heavy atom. The van der Waals surface area contributed by atoms with Crippen LogP contribution in [0.3, 0.4) is 0 Å². The standard InChI is InChI=1S/C10H8BrN3O3/c1-6(15)12-7-4-2-3-5-8(7)14-9(11)10(16)17-13-14/h2-5H,1H3,(H-,12,13,15,16). The summed E-state index contributed by atoms with van der Waals surface area (Å²) in [5, 5.41) is 13.4. The van der Waals surface area contributed by atoms with E-state index in [1.165, 1.54) is 11.6 Å². The fourth-order valence-corrected chi connectivity index (χ4v) is 1.68. The fraction of sp³-hybridized carbons (Fsp3) is 0.100. The maximum Gasteiger partial charge on any atom is 0.442 e. The number of halogens is 1. The number of aliphatic imine (C=N–C) groups is 1. The Kier molecular flexibility index (Phi) is 3.10. The van der Waals surface area contributed by atoms with Gasteiger partial charge < -0.3 is 5.11 Å². The van der Waals surface area contributed by atoms with Gasteiger partial charge in [0.2, 0.25) is 0 Å². The van der Waals surface area contributed by atoms with Crippen LogP contribution in [-0.4, -0.2) is 11.2 Å². The van der Waals surface area contributed by atoms with Gasteiger partial charge >= 0.3 is 10.2 Å². The van der Waals surface area contributed by atoms with Gasteiger partial charge in [-0.2, -0.15) is 0 Å². The van der Waals surface area contributed by atoms with Gasteiger partial charge in [-0.1, -0.05) is 12.1 Å². The molecule has 88 valence electrons. The Bertz CT molecular complexity index is 626. The molecule has 0 aliphatic heterocycles. The Morgan fingerprint density at radius 1 is 1.53 bits per heavy atom. The lowest BCUT2D eigenvalue weighted by Crippen LogP contribution is -2.35. The molecule has 7 heteroatoms. The van der Waals surface area contributed by atoms with Crippen molar-refractivity contribution in [3.8, 4) is 5.69 Å². The molecule has 0 amide bonds. The zero-order valence-electron chi connectivity index (χ0n) is 8.81. The highest BCUT2D eigenvalue weighted by atomic mass is 79.9. The highest BCUT2D eigenvalue weighted by Crippen LogP contribution is 2.18. The molecule has 0 aliphatic rings. The fourth-order valence-electron chi connectivity index (χ4n) is 1.33. The van der Waals surface area contributed by atoms with Crippen LogP contribution in [0.15, 0.2) is 43.2 Å². The van der Waals surface area contributed by atoms with Crippen LogP contribution in [0, 0.1) is 0 Å². The van der Waals surface area contributed by atoms with E-state index in [0.717, 1.165) is 0 Å². The second kappa shape index (κ2) is 4.54. The summed E-state index contributed by atoms with van der Waals surface area (Å²) in [7, 11) is 0. The predicted molar refractivity (Wildman–Crippen MR) is 61.3 cm³/mol. The zero-order chi connectivity index (χ0) is 12.4. The number of benzene rings is 1. The molecule has 0 saturated carbocycles. The second-order valence-electron chi connectivity index (χ2n) is 3.23. The Morgan fingerprint density at radius 2 is 2.24 bits per heavy atom.